The Morgan fingerprint density at radius 1 is 1.48 bits per heavy atom. The number of nitrogens with one attached hydrogen (secondary N) is 1. The number of thioether (sulfide) groups is 1. The van der Waals surface area contributed by atoms with Crippen molar-refractivity contribution in [1.29, 1.82) is 0 Å². The molecule has 0 saturated carbocycles. The highest BCUT2D eigenvalue weighted by molar-refractivity contribution is 8.00. The van der Waals surface area contributed by atoms with Crippen LogP contribution in [0.5, 0.6) is 0 Å². The third-order valence-corrected chi connectivity index (χ3v) is 4.76. The first-order valence-corrected chi connectivity index (χ1v) is 8.38. The molecule has 2 aromatic rings. The highest BCUT2D eigenvalue weighted by Gasteiger charge is 2.22. The van der Waals surface area contributed by atoms with Crippen LogP contribution < -0.4 is 10.9 Å². The van der Waals surface area contributed by atoms with Gasteiger partial charge in [-0.3, -0.25) is 14.2 Å². The molecule has 0 radical (unpaired) electrons. The Kier molecular flexibility index (Phi) is 4.43. The van der Waals surface area contributed by atoms with Gasteiger partial charge in [0.15, 0.2) is 5.16 Å². The Balaban J connectivity index is 2.25. The molecule has 0 aliphatic heterocycles. The molecular formula is C14H19N3O2S2. The van der Waals surface area contributed by atoms with Gasteiger partial charge in [-0.15, -0.1) is 11.3 Å². The molecule has 0 aliphatic carbocycles. The summed E-state index contributed by atoms with van der Waals surface area (Å²) in [5, 5.41) is 5.65. The number of carbonyl (C=O) groups is 1. The molecule has 0 saturated heterocycles. The fourth-order valence-electron chi connectivity index (χ4n) is 1.77. The molecule has 2 heterocycles. The van der Waals surface area contributed by atoms with Crippen molar-refractivity contribution < 1.29 is 4.79 Å². The van der Waals surface area contributed by atoms with Gasteiger partial charge in [-0.2, -0.15) is 0 Å². The van der Waals surface area contributed by atoms with Crippen LogP contribution in [0.1, 0.15) is 27.7 Å². The summed E-state index contributed by atoms with van der Waals surface area (Å²) in [6.45, 7) is 7.63. The molecule has 114 valence electrons. The third-order valence-electron chi connectivity index (χ3n) is 2.81. The summed E-state index contributed by atoms with van der Waals surface area (Å²) < 4.78 is 1.50. The number of thiophene rings is 1. The van der Waals surface area contributed by atoms with E-state index >= 15 is 0 Å². The molecule has 7 heteroatoms. The third kappa shape index (κ3) is 3.65. The van der Waals surface area contributed by atoms with Crippen molar-refractivity contribution in [3.05, 3.63) is 21.8 Å². The average Bonchev–Trinajstić information content (AvgIpc) is 2.81. The maximum Gasteiger partial charge on any atom is 0.262 e. The summed E-state index contributed by atoms with van der Waals surface area (Å²) in [4.78, 5) is 29.5. The van der Waals surface area contributed by atoms with Gasteiger partial charge in [0.1, 0.15) is 4.83 Å². The van der Waals surface area contributed by atoms with Gasteiger partial charge in [-0.25, -0.2) is 4.98 Å². The number of rotatable bonds is 3. The zero-order chi connectivity index (χ0) is 15.8. The van der Waals surface area contributed by atoms with Crippen LogP contribution >= 0.6 is 23.1 Å². The minimum absolute atomic E-state index is 0.0620. The number of amides is 1. The highest BCUT2D eigenvalue weighted by Crippen LogP contribution is 2.24. The van der Waals surface area contributed by atoms with Crippen molar-refractivity contribution in [3.8, 4) is 0 Å². The van der Waals surface area contributed by atoms with Gasteiger partial charge in [0.25, 0.3) is 5.56 Å². The monoisotopic (exact) mass is 325 g/mol. The normalized spacial score (nSPS) is 13.4. The van der Waals surface area contributed by atoms with Crippen molar-refractivity contribution >= 4 is 39.2 Å². The second-order valence-corrected chi connectivity index (χ2v) is 8.10. The summed E-state index contributed by atoms with van der Waals surface area (Å²) in [6, 6.07) is 1.78. The Morgan fingerprint density at radius 2 is 2.14 bits per heavy atom. The number of carbonyl (C=O) groups excluding carboxylic acids is 1. The maximum absolute atomic E-state index is 12.2. The van der Waals surface area contributed by atoms with Crippen LogP contribution in [-0.2, 0) is 11.8 Å². The predicted octanol–water partition coefficient (Wildman–Crippen LogP) is 2.39. The molecule has 0 aromatic carbocycles. The largest absolute Gasteiger partial charge is 0.351 e. The molecule has 1 atom stereocenters. The first kappa shape index (κ1) is 16.0. The molecule has 0 spiro atoms. The number of hydrogen-bond acceptors (Lipinski definition) is 5. The first-order valence-electron chi connectivity index (χ1n) is 6.62. The Morgan fingerprint density at radius 3 is 2.76 bits per heavy atom. The molecule has 2 aromatic heterocycles. The molecule has 5 nitrogen and oxygen atoms in total. The number of hydrogen-bond donors (Lipinski definition) is 1. The summed E-state index contributed by atoms with van der Waals surface area (Å²) in [5.74, 6) is -0.0620. The van der Waals surface area contributed by atoms with E-state index in [-0.39, 0.29) is 22.3 Å². The van der Waals surface area contributed by atoms with Crippen LogP contribution in [0, 0.1) is 0 Å². The first-order chi connectivity index (χ1) is 9.69. The molecule has 1 unspecified atom stereocenters. The Hall–Kier alpha value is -1.34. The smallest absolute Gasteiger partial charge is 0.262 e. The molecule has 0 aliphatic rings. The molecule has 21 heavy (non-hydrogen) atoms. The van der Waals surface area contributed by atoms with Crippen LogP contribution in [0.25, 0.3) is 10.2 Å². The summed E-state index contributed by atoms with van der Waals surface area (Å²) in [6.07, 6.45) is 0. The Labute approximate surface area is 131 Å². The lowest BCUT2D eigenvalue weighted by molar-refractivity contribution is -0.121. The second kappa shape index (κ2) is 5.81. The molecular weight excluding hydrogens is 306 g/mol. The van der Waals surface area contributed by atoms with Gasteiger partial charge >= 0.3 is 0 Å². The Bertz CT molecular complexity index is 728. The zero-order valence-electron chi connectivity index (χ0n) is 12.8. The lowest BCUT2D eigenvalue weighted by Crippen LogP contribution is -2.44. The number of aromatic nitrogens is 2. The van der Waals surface area contributed by atoms with Crippen LogP contribution in [0.3, 0.4) is 0 Å². The van der Waals surface area contributed by atoms with Crippen molar-refractivity contribution in [3.63, 3.8) is 0 Å². The standard InChI is InChI=1S/C14H19N3O2S2/c1-8(10(18)16-14(2,3)4)21-13-15-11-9(6-7-20-11)12(19)17(13)5/h6-8H,1-5H3,(H,16,18). The van der Waals surface area contributed by atoms with E-state index in [4.69, 9.17) is 0 Å². The van der Waals surface area contributed by atoms with Crippen molar-refractivity contribution in [2.75, 3.05) is 0 Å². The van der Waals surface area contributed by atoms with E-state index in [0.29, 0.717) is 15.4 Å². The maximum atomic E-state index is 12.2. The quantitative estimate of drug-likeness (QED) is 0.695. The topological polar surface area (TPSA) is 64.0 Å². The van der Waals surface area contributed by atoms with Gasteiger partial charge in [0.05, 0.1) is 10.6 Å². The lowest BCUT2D eigenvalue weighted by atomic mass is 10.1. The van der Waals surface area contributed by atoms with E-state index in [9.17, 15) is 9.59 Å². The van der Waals surface area contributed by atoms with Gasteiger partial charge in [0.2, 0.25) is 5.91 Å². The molecule has 1 amide bonds. The van der Waals surface area contributed by atoms with Crippen molar-refractivity contribution in [2.45, 2.75) is 43.6 Å². The van der Waals surface area contributed by atoms with Crippen molar-refractivity contribution in [1.82, 2.24) is 14.9 Å². The minimum atomic E-state index is -0.320. The fraction of sp³-hybridized carbons (Fsp3) is 0.500. The van der Waals surface area contributed by atoms with Gasteiger partial charge in [-0.05, 0) is 39.1 Å². The van der Waals surface area contributed by atoms with E-state index in [1.54, 1.807) is 13.1 Å². The molecule has 1 N–H and O–H groups in total. The molecule has 0 bridgehead atoms. The van der Waals surface area contributed by atoms with Crippen LogP contribution in [0.4, 0.5) is 0 Å². The van der Waals surface area contributed by atoms with Gasteiger partial charge in [-0.1, -0.05) is 11.8 Å². The van der Waals surface area contributed by atoms with Crippen LogP contribution in [-0.4, -0.2) is 26.2 Å². The number of nitrogens with zero attached hydrogens (tertiary/aromatic N) is 2. The minimum Gasteiger partial charge on any atom is -0.351 e. The summed E-state index contributed by atoms with van der Waals surface area (Å²) >= 11 is 2.73. The fourth-order valence-corrected chi connectivity index (χ4v) is 3.45. The predicted molar refractivity (Wildman–Crippen MR) is 88.1 cm³/mol. The number of fused-ring (bicyclic) bond motifs is 1. The van der Waals surface area contributed by atoms with Crippen molar-refractivity contribution in [2.24, 2.45) is 7.05 Å². The molecule has 2 rings (SSSR count). The van der Waals surface area contributed by atoms with E-state index in [2.05, 4.69) is 10.3 Å². The van der Waals surface area contributed by atoms with Crippen LogP contribution in [0.2, 0.25) is 0 Å². The lowest BCUT2D eigenvalue weighted by Gasteiger charge is -2.23. The van der Waals surface area contributed by atoms with E-state index in [0.717, 1.165) is 0 Å². The van der Waals surface area contributed by atoms with E-state index in [1.165, 1.54) is 27.7 Å². The molecule has 0 fully saturated rings. The van der Waals surface area contributed by atoms with Crippen LogP contribution in [0.15, 0.2) is 21.4 Å². The SMILES string of the molecule is CC(Sc1nc2sccc2c(=O)n1C)C(=O)NC(C)(C)C. The average molecular weight is 325 g/mol. The van der Waals surface area contributed by atoms with E-state index < -0.39 is 0 Å². The zero-order valence-corrected chi connectivity index (χ0v) is 14.4. The highest BCUT2D eigenvalue weighted by atomic mass is 32.2. The van der Waals surface area contributed by atoms with Gasteiger partial charge in [0, 0.05) is 12.6 Å². The van der Waals surface area contributed by atoms with Gasteiger partial charge < -0.3 is 5.32 Å². The summed E-state index contributed by atoms with van der Waals surface area (Å²) in [5.41, 5.74) is -0.352. The van der Waals surface area contributed by atoms with E-state index in [1.807, 2.05) is 33.1 Å². The summed E-state index contributed by atoms with van der Waals surface area (Å²) in [7, 11) is 1.68. The second-order valence-electron chi connectivity index (χ2n) is 5.90.